The number of hydrogen-bond donors (Lipinski definition) is 0. The highest BCUT2D eigenvalue weighted by molar-refractivity contribution is 6.30. The van der Waals surface area contributed by atoms with Gasteiger partial charge in [-0.3, -0.25) is 4.90 Å². The molecule has 0 aliphatic heterocycles. The van der Waals surface area contributed by atoms with E-state index in [0.29, 0.717) is 17.0 Å². The first-order valence-corrected chi connectivity index (χ1v) is 6.68. The van der Waals surface area contributed by atoms with Crippen LogP contribution in [0, 0.1) is 11.8 Å². The van der Waals surface area contributed by atoms with Gasteiger partial charge < -0.3 is 0 Å². The van der Waals surface area contributed by atoms with E-state index in [1.165, 1.54) is 0 Å². The molecule has 0 spiro atoms. The van der Waals surface area contributed by atoms with E-state index in [1.807, 2.05) is 6.07 Å². The predicted molar refractivity (Wildman–Crippen MR) is 74.2 cm³/mol. The quantitative estimate of drug-likeness (QED) is 0.717. The minimum absolute atomic E-state index is 0.630. The lowest BCUT2D eigenvalue weighted by molar-refractivity contribution is 0.211. The monoisotopic (exact) mass is 254 g/mol. The second kappa shape index (κ2) is 6.97. The Balaban J connectivity index is 2.68. The summed E-state index contributed by atoms with van der Waals surface area (Å²) in [5.74, 6) is 1.34. The maximum Gasteiger partial charge on any atom is 0.133 e. The van der Waals surface area contributed by atoms with Crippen LogP contribution in [0.4, 0.5) is 0 Å². The van der Waals surface area contributed by atoms with E-state index in [-0.39, 0.29) is 0 Å². The second-order valence-corrected chi connectivity index (χ2v) is 5.79. The lowest BCUT2D eigenvalue weighted by atomic mass is 10.1. The molecular formula is C14H23ClN2. The summed E-state index contributed by atoms with van der Waals surface area (Å²) in [7, 11) is 0. The molecule has 0 saturated heterocycles. The molecule has 0 radical (unpaired) electrons. The molecular weight excluding hydrogens is 232 g/mol. The van der Waals surface area contributed by atoms with E-state index in [4.69, 9.17) is 11.6 Å². The molecule has 0 aliphatic carbocycles. The summed E-state index contributed by atoms with van der Waals surface area (Å²) in [5.41, 5.74) is 1.12. The second-order valence-electron chi connectivity index (χ2n) is 5.44. The van der Waals surface area contributed by atoms with Gasteiger partial charge in [-0.05, 0) is 17.9 Å². The van der Waals surface area contributed by atoms with Crippen molar-refractivity contribution in [3.05, 3.63) is 29.0 Å². The SMILES string of the molecule is CC(C)CN(Cc1cccnc1Cl)CC(C)C. The molecule has 3 heteroatoms. The molecule has 96 valence electrons. The van der Waals surface area contributed by atoms with Crippen molar-refractivity contribution >= 4 is 11.6 Å². The largest absolute Gasteiger partial charge is 0.298 e. The van der Waals surface area contributed by atoms with Crippen LogP contribution in [0.15, 0.2) is 18.3 Å². The zero-order valence-electron chi connectivity index (χ0n) is 11.3. The number of aromatic nitrogens is 1. The lowest BCUT2D eigenvalue weighted by Crippen LogP contribution is -2.31. The normalized spacial score (nSPS) is 11.8. The van der Waals surface area contributed by atoms with Gasteiger partial charge >= 0.3 is 0 Å². The van der Waals surface area contributed by atoms with Gasteiger partial charge in [-0.15, -0.1) is 0 Å². The van der Waals surface area contributed by atoms with Crippen molar-refractivity contribution < 1.29 is 0 Å². The lowest BCUT2D eigenvalue weighted by Gasteiger charge is -2.26. The van der Waals surface area contributed by atoms with Gasteiger partial charge in [-0.2, -0.15) is 0 Å². The van der Waals surface area contributed by atoms with Crippen molar-refractivity contribution in [2.24, 2.45) is 11.8 Å². The smallest absolute Gasteiger partial charge is 0.133 e. The fraction of sp³-hybridized carbons (Fsp3) is 0.643. The first kappa shape index (κ1) is 14.5. The van der Waals surface area contributed by atoms with E-state index in [2.05, 4.69) is 43.6 Å². The number of rotatable bonds is 6. The summed E-state index contributed by atoms with van der Waals surface area (Å²) < 4.78 is 0. The molecule has 0 aromatic carbocycles. The molecule has 0 fully saturated rings. The molecule has 1 heterocycles. The Kier molecular flexibility index (Phi) is 5.93. The van der Waals surface area contributed by atoms with E-state index >= 15 is 0 Å². The van der Waals surface area contributed by atoms with Gasteiger partial charge in [0.1, 0.15) is 5.15 Å². The van der Waals surface area contributed by atoms with Gasteiger partial charge in [0.2, 0.25) is 0 Å². The van der Waals surface area contributed by atoms with Crippen molar-refractivity contribution in [3.63, 3.8) is 0 Å². The summed E-state index contributed by atoms with van der Waals surface area (Å²) in [6, 6.07) is 4.01. The molecule has 0 amide bonds. The molecule has 1 aromatic rings. The Morgan fingerprint density at radius 3 is 2.24 bits per heavy atom. The molecule has 1 aromatic heterocycles. The third-order valence-corrected chi connectivity index (χ3v) is 2.82. The average molecular weight is 255 g/mol. The van der Waals surface area contributed by atoms with Crippen molar-refractivity contribution in [2.45, 2.75) is 34.2 Å². The van der Waals surface area contributed by atoms with Gasteiger partial charge in [0.05, 0.1) is 0 Å². The standard InChI is InChI=1S/C14H23ClN2/c1-11(2)8-17(9-12(3)4)10-13-6-5-7-16-14(13)15/h5-7,11-12H,8-10H2,1-4H3. The van der Waals surface area contributed by atoms with Crippen LogP contribution in [-0.2, 0) is 6.54 Å². The Labute approximate surface area is 110 Å². The molecule has 0 bridgehead atoms. The number of pyridine rings is 1. The van der Waals surface area contributed by atoms with E-state index in [9.17, 15) is 0 Å². The zero-order chi connectivity index (χ0) is 12.8. The van der Waals surface area contributed by atoms with Crippen LogP contribution in [0.5, 0.6) is 0 Å². The summed E-state index contributed by atoms with van der Waals surface area (Å²) >= 11 is 6.10. The predicted octanol–water partition coefficient (Wildman–Crippen LogP) is 3.85. The maximum atomic E-state index is 6.10. The molecule has 0 aliphatic rings. The van der Waals surface area contributed by atoms with Crippen LogP contribution in [0.25, 0.3) is 0 Å². The van der Waals surface area contributed by atoms with Crippen molar-refractivity contribution in [1.29, 1.82) is 0 Å². The van der Waals surface area contributed by atoms with Crippen LogP contribution in [0.1, 0.15) is 33.3 Å². The summed E-state index contributed by atoms with van der Waals surface area (Å²) in [5, 5.41) is 0.630. The highest BCUT2D eigenvalue weighted by Crippen LogP contribution is 2.16. The van der Waals surface area contributed by atoms with E-state index in [0.717, 1.165) is 25.2 Å². The van der Waals surface area contributed by atoms with Gasteiger partial charge in [-0.1, -0.05) is 45.4 Å². The molecule has 1 rings (SSSR count). The highest BCUT2D eigenvalue weighted by atomic mass is 35.5. The topological polar surface area (TPSA) is 16.1 Å². The van der Waals surface area contributed by atoms with Crippen LogP contribution in [0.2, 0.25) is 5.15 Å². The number of halogens is 1. The van der Waals surface area contributed by atoms with Gasteiger partial charge in [0.25, 0.3) is 0 Å². The van der Waals surface area contributed by atoms with Gasteiger partial charge in [0, 0.05) is 31.4 Å². The van der Waals surface area contributed by atoms with Crippen LogP contribution in [-0.4, -0.2) is 23.0 Å². The van der Waals surface area contributed by atoms with Crippen molar-refractivity contribution in [2.75, 3.05) is 13.1 Å². The maximum absolute atomic E-state index is 6.10. The fourth-order valence-corrected chi connectivity index (χ4v) is 2.19. The minimum Gasteiger partial charge on any atom is -0.298 e. The third-order valence-electron chi connectivity index (χ3n) is 2.48. The van der Waals surface area contributed by atoms with Crippen LogP contribution < -0.4 is 0 Å². The van der Waals surface area contributed by atoms with Crippen LogP contribution >= 0.6 is 11.6 Å². The van der Waals surface area contributed by atoms with Crippen molar-refractivity contribution in [1.82, 2.24) is 9.88 Å². The number of nitrogens with zero attached hydrogens (tertiary/aromatic N) is 2. The number of hydrogen-bond acceptors (Lipinski definition) is 2. The van der Waals surface area contributed by atoms with Gasteiger partial charge in [-0.25, -0.2) is 4.98 Å². The molecule has 2 nitrogen and oxygen atoms in total. The fourth-order valence-electron chi connectivity index (χ4n) is 2.01. The van der Waals surface area contributed by atoms with Gasteiger partial charge in [0.15, 0.2) is 0 Å². The minimum atomic E-state index is 0.630. The third kappa shape index (κ3) is 5.51. The molecule has 0 unspecified atom stereocenters. The van der Waals surface area contributed by atoms with E-state index < -0.39 is 0 Å². The Morgan fingerprint density at radius 2 is 1.76 bits per heavy atom. The highest BCUT2D eigenvalue weighted by Gasteiger charge is 2.12. The first-order valence-electron chi connectivity index (χ1n) is 6.30. The Bertz CT molecular complexity index is 327. The summed E-state index contributed by atoms with van der Waals surface area (Å²) in [6.07, 6.45) is 1.74. The summed E-state index contributed by atoms with van der Waals surface area (Å²) in [4.78, 5) is 6.59. The zero-order valence-corrected chi connectivity index (χ0v) is 12.0. The van der Waals surface area contributed by atoms with E-state index in [1.54, 1.807) is 6.20 Å². The molecule has 0 atom stereocenters. The molecule has 0 saturated carbocycles. The Morgan fingerprint density at radius 1 is 1.18 bits per heavy atom. The molecule has 17 heavy (non-hydrogen) atoms. The summed E-state index contributed by atoms with van der Waals surface area (Å²) in [6.45, 7) is 12.1. The Hall–Kier alpha value is -0.600. The van der Waals surface area contributed by atoms with Crippen molar-refractivity contribution in [3.8, 4) is 0 Å². The molecule has 0 N–H and O–H groups in total. The van der Waals surface area contributed by atoms with Crippen LogP contribution in [0.3, 0.4) is 0 Å². The average Bonchev–Trinajstić information content (AvgIpc) is 2.19. The first-order chi connectivity index (χ1) is 7.99.